The van der Waals surface area contributed by atoms with E-state index >= 15 is 0 Å². The van der Waals surface area contributed by atoms with Gasteiger partial charge in [-0.1, -0.05) is 36.4 Å². The van der Waals surface area contributed by atoms with Gasteiger partial charge in [0.2, 0.25) is 0 Å². The minimum Gasteiger partial charge on any atom is -0.496 e. The van der Waals surface area contributed by atoms with Crippen LogP contribution in [0.15, 0.2) is 73.1 Å². The van der Waals surface area contributed by atoms with Crippen LogP contribution >= 0.6 is 0 Å². The zero-order chi connectivity index (χ0) is 36.8. The molecule has 280 valence electrons. The summed E-state index contributed by atoms with van der Waals surface area (Å²) in [6.07, 6.45) is 13.8. The molecule has 0 spiro atoms. The summed E-state index contributed by atoms with van der Waals surface area (Å²) in [6.45, 7) is 5.60. The highest BCUT2D eigenvalue weighted by molar-refractivity contribution is 5.55. The summed E-state index contributed by atoms with van der Waals surface area (Å²) in [4.78, 5) is 0. The van der Waals surface area contributed by atoms with Crippen LogP contribution in [0.4, 0.5) is 0 Å². The number of benzene rings is 2. The Labute approximate surface area is 316 Å². The van der Waals surface area contributed by atoms with Crippen molar-refractivity contribution in [3.05, 3.63) is 107 Å². The lowest BCUT2D eigenvalue weighted by Gasteiger charge is -2.11. The number of aryl methyl sites for hydroxylation is 2. The molecule has 6 aromatic rings. The van der Waals surface area contributed by atoms with E-state index in [4.69, 9.17) is 18.9 Å². The van der Waals surface area contributed by atoms with E-state index < -0.39 is 0 Å². The molecule has 0 N–H and O–H groups in total. The minimum atomic E-state index is 0.531. The second kappa shape index (κ2) is 14.6. The maximum absolute atomic E-state index is 6.17. The number of pyridine rings is 2. The van der Waals surface area contributed by atoms with Crippen LogP contribution in [-0.2, 0) is 12.8 Å². The molecule has 2 aromatic carbocycles. The predicted octanol–water partition coefficient (Wildman–Crippen LogP) is 8.36. The molecule has 4 fully saturated rings. The smallest absolute Gasteiger partial charge is 0.167 e. The Hall–Kier alpha value is -5.12. The molecule has 4 aromatic heterocycles. The van der Waals surface area contributed by atoms with Gasteiger partial charge in [-0.15, -0.1) is 20.4 Å². The SMILES string of the molecule is COc1ccccc1[C@@H]1C[C@H]1COc1ccn2c(CC3CC3)nnc2c1C.COc1ccccc1[C@H]1C[C@@H]1COc1ccn2c(CC3CC3)nnc2c1C. The summed E-state index contributed by atoms with van der Waals surface area (Å²) >= 11 is 0. The van der Waals surface area contributed by atoms with Crippen molar-refractivity contribution in [3.63, 3.8) is 0 Å². The van der Waals surface area contributed by atoms with Gasteiger partial charge >= 0.3 is 0 Å². The number of methoxy groups -OCH3 is 2. The second-order valence-corrected chi connectivity index (χ2v) is 15.8. The van der Waals surface area contributed by atoms with Gasteiger partial charge in [0.05, 0.1) is 27.4 Å². The van der Waals surface area contributed by atoms with Crippen molar-refractivity contribution in [3.8, 4) is 23.0 Å². The molecule has 0 bridgehead atoms. The van der Waals surface area contributed by atoms with Crippen LogP contribution < -0.4 is 18.9 Å². The summed E-state index contributed by atoms with van der Waals surface area (Å²) in [6, 6.07) is 20.7. The first kappa shape index (κ1) is 34.6. The summed E-state index contributed by atoms with van der Waals surface area (Å²) < 4.78 is 27.6. The van der Waals surface area contributed by atoms with Crippen LogP contribution in [0.25, 0.3) is 11.3 Å². The number of nitrogens with zero attached hydrogens (tertiary/aromatic N) is 6. The van der Waals surface area contributed by atoms with E-state index in [2.05, 4.69) is 91.8 Å². The molecule has 0 saturated heterocycles. The zero-order valence-corrected chi connectivity index (χ0v) is 31.8. The Balaban J connectivity index is 0.000000142. The lowest BCUT2D eigenvalue weighted by atomic mass is 10.1. The van der Waals surface area contributed by atoms with Gasteiger partial charge in [-0.3, -0.25) is 8.80 Å². The lowest BCUT2D eigenvalue weighted by molar-refractivity contribution is 0.294. The second-order valence-electron chi connectivity index (χ2n) is 15.8. The first-order valence-corrected chi connectivity index (χ1v) is 19.7. The van der Waals surface area contributed by atoms with E-state index in [1.54, 1.807) is 14.2 Å². The molecular formula is C44H50N6O4. The molecule has 4 heterocycles. The van der Waals surface area contributed by atoms with Crippen LogP contribution in [0, 0.1) is 37.5 Å². The van der Waals surface area contributed by atoms with Crippen molar-refractivity contribution >= 4 is 11.3 Å². The monoisotopic (exact) mass is 726 g/mol. The Morgan fingerprint density at radius 1 is 0.556 bits per heavy atom. The number of rotatable bonds is 14. The van der Waals surface area contributed by atoms with Gasteiger partial charge in [-0.2, -0.15) is 0 Å². The molecule has 0 radical (unpaired) electrons. The lowest BCUT2D eigenvalue weighted by Crippen LogP contribution is -2.04. The molecule has 4 saturated carbocycles. The minimum absolute atomic E-state index is 0.531. The number of aromatic nitrogens is 6. The van der Waals surface area contributed by atoms with Crippen molar-refractivity contribution in [2.24, 2.45) is 23.7 Å². The highest BCUT2D eigenvalue weighted by Gasteiger charge is 2.41. The Morgan fingerprint density at radius 3 is 1.39 bits per heavy atom. The Bertz CT molecular complexity index is 2110. The van der Waals surface area contributed by atoms with E-state index in [-0.39, 0.29) is 0 Å². The van der Waals surface area contributed by atoms with Gasteiger partial charge in [0.15, 0.2) is 11.3 Å². The average molecular weight is 727 g/mol. The van der Waals surface area contributed by atoms with Crippen LogP contribution in [-0.4, -0.2) is 56.6 Å². The summed E-state index contributed by atoms with van der Waals surface area (Å²) in [5, 5.41) is 17.6. The van der Waals surface area contributed by atoms with Crippen molar-refractivity contribution < 1.29 is 18.9 Å². The van der Waals surface area contributed by atoms with Crippen LogP contribution in [0.5, 0.6) is 23.0 Å². The van der Waals surface area contributed by atoms with Gasteiger partial charge in [0.25, 0.3) is 0 Å². The maximum Gasteiger partial charge on any atom is 0.167 e. The number of ether oxygens (including phenoxy) is 4. The van der Waals surface area contributed by atoms with Crippen molar-refractivity contribution in [2.75, 3.05) is 27.4 Å². The van der Waals surface area contributed by atoms with Gasteiger partial charge in [0, 0.05) is 48.2 Å². The van der Waals surface area contributed by atoms with Crippen molar-refractivity contribution in [1.29, 1.82) is 0 Å². The normalized spacial score (nSPS) is 21.4. The number of fused-ring (bicyclic) bond motifs is 2. The van der Waals surface area contributed by atoms with E-state index in [0.29, 0.717) is 23.7 Å². The fourth-order valence-electron chi connectivity index (χ4n) is 7.94. The van der Waals surface area contributed by atoms with E-state index in [0.717, 1.165) is 108 Å². The fraction of sp³-hybridized carbons (Fsp3) is 0.455. The Morgan fingerprint density at radius 2 is 0.981 bits per heavy atom. The average Bonchev–Trinajstić information content (AvgIpc) is 4.01. The molecular weight excluding hydrogens is 677 g/mol. The third kappa shape index (κ3) is 7.22. The molecule has 10 rings (SSSR count). The largest absolute Gasteiger partial charge is 0.496 e. The molecule has 0 aliphatic heterocycles. The molecule has 0 unspecified atom stereocenters. The molecule has 0 amide bonds. The van der Waals surface area contributed by atoms with Gasteiger partial charge in [0.1, 0.15) is 34.6 Å². The summed E-state index contributed by atoms with van der Waals surface area (Å²) in [5.41, 5.74) is 6.56. The third-order valence-corrected chi connectivity index (χ3v) is 11.9. The molecule has 4 atom stereocenters. The zero-order valence-electron chi connectivity index (χ0n) is 31.8. The molecule has 4 aliphatic rings. The summed E-state index contributed by atoms with van der Waals surface area (Å²) in [5.74, 6) is 9.68. The Kier molecular flexibility index (Phi) is 9.37. The topological polar surface area (TPSA) is 97.3 Å². The van der Waals surface area contributed by atoms with E-state index in [9.17, 15) is 0 Å². The van der Waals surface area contributed by atoms with Gasteiger partial charge < -0.3 is 18.9 Å². The quantitative estimate of drug-likeness (QED) is 0.111. The van der Waals surface area contributed by atoms with Gasteiger partial charge in [-0.05, 0) is 111 Å². The maximum atomic E-state index is 6.17. The fourth-order valence-corrected chi connectivity index (χ4v) is 7.94. The molecule has 4 aliphatic carbocycles. The van der Waals surface area contributed by atoms with Crippen LogP contribution in [0.2, 0.25) is 0 Å². The highest BCUT2D eigenvalue weighted by Crippen LogP contribution is 2.51. The van der Waals surface area contributed by atoms with Crippen molar-refractivity contribution in [1.82, 2.24) is 29.2 Å². The number of hydrogen-bond acceptors (Lipinski definition) is 8. The van der Waals surface area contributed by atoms with E-state index in [1.807, 2.05) is 24.3 Å². The summed E-state index contributed by atoms with van der Waals surface area (Å²) in [7, 11) is 3.47. The van der Waals surface area contributed by atoms with Gasteiger partial charge in [-0.25, -0.2) is 0 Å². The standard InChI is InChI=1S/2C22H25N3O2/c2*1-14-19(9-10-25-21(11-15-7-8-15)23-24-22(14)25)27-13-16-12-18(16)17-5-3-4-6-20(17)26-2/h2*3-6,9-10,15-16,18H,7-8,11-13H2,1-2H3/t2*16-,18+/m10/s1. The first-order chi connectivity index (χ1) is 26.5. The number of para-hydroxylation sites is 2. The molecule has 10 heteroatoms. The van der Waals surface area contributed by atoms with Crippen LogP contribution in [0.1, 0.15) is 84.3 Å². The van der Waals surface area contributed by atoms with Crippen molar-refractivity contribution in [2.45, 2.75) is 77.0 Å². The highest BCUT2D eigenvalue weighted by atomic mass is 16.5. The first-order valence-electron chi connectivity index (χ1n) is 19.7. The van der Waals surface area contributed by atoms with E-state index in [1.165, 1.54) is 36.8 Å². The molecule has 10 nitrogen and oxygen atoms in total. The number of hydrogen-bond donors (Lipinski definition) is 0. The third-order valence-electron chi connectivity index (χ3n) is 11.9. The van der Waals surface area contributed by atoms with Crippen LogP contribution in [0.3, 0.4) is 0 Å². The molecule has 54 heavy (non-hydrogen) atoms. The predicted molar refractivity (Wildman–Crippen MR) is 207 cm³/mol.